The number of rotatable bonds is 5. The molecular weight excluding hydrogens is 226 g/mol. The average Bonchev–Trinajstić information content (AvgIpc) is 3.18. The fraction of sp³-hybridized carbons (Fsp3) is 0.667. The van der Waals surface area contributed by atoms with Crippen molar-refractivity contribution in [3.05, 3.63) is 23.0 Å². The molecule has 3 nitrogen and oxygen atoms in total. The lowest BCUT2D eigenvalue weighted by Crippen LogP contribution is -2.34. The molecule has 2 rings (SSSR count). The van der Waals surface area contributed by atoms with E-state index in [1.807, 2.05) is 20.0 Å². The van der Waals surface area contributed by atoms with Crippen molar-refractivity contribution in [1.82, 2.24) is 4.98 Å². The number of aliphatic hydroxyl groups is 1. The average molecular weight is 249 g/mol. The third-order valence-corrected chi connectivity index (χ3v) is 4.17. The summed E-state index contributed by atoms with van der Waals surface area (Å²) in [7, 11) is 1.69. The van der Waals surface area contributed by atoms with Gasteiger partial charge in [0.05, 0.1) is 12.7 Å². The number of pyridine rings is 1. The van der Waals surface area contributed by atoms with Crippen molar-refractivity contribution >= 4 is 0 Å². The quantitative estimate of drug-likeness (QED) is 0.872. The molecule has 18 heavy (non-hydrogen) atoms. The van der Waals surface area contributed by atoms with E-state index in [1.165, 1.54) is 0 Å². The zero-order chi connectivity index (χ0) is 13.3. The van der Waals surface area contributed by atoms with Crippen LogP contribution < -0.4 is 4.74 Å². The molecule has 0 radical (unpaired) electrons. The summed E-state index contributed by atoms with van der Waals surface area (Å²) in [6.45, 7) is 6.08. The normalized spacial score (nSPS) is 18.5. The van der Waals surface area contributed by atoms with Crippen LogP contribution in [0.2, 0.25) is 0 Å². The van der Waals surface area contributed by atoms with Gasteiger partial charge in [-0.25, -0.2) is 0 Å². The Kier molecular flexibility index (Phi) is 3.62. The third kappa shape index (κ3) is 2.37. The van der Waals surface area contributed by atoms with Crippen molar-refractivity contribution in [3.63, 3.8) is 0 Å². The molecule has 1 aromatic heterocycles. The minimum Gasteiger partial charge on any atom is -0.496 e. The van der Waals surface area contributed by atoms with Gasteiger partial charge in [-0.2, -0.15) is 0 Å². The molecule has 1 heterocycles. The summed E-state index contributed by atoms with van der Waals surface area (Å²) in [4.78, 5) is 4.49. The lowest BCUT2D eigenvalue weighted by atomic mass is 9.87. The minimum atomic E-state index is -0.585. The molecule has 1 N–H and O–H groups in total. The molecule has 1 fully saturated rings. The van der Waals surface area contributed by atoms with Gasteiger partial charge in [0.1, 0.15) is 5.75 Å². The van der Waals surface area contributed by atoms with E-state index < -0.39 is 5.60 Å². The van der Waals surface area contributed by atoms with Gasteiger partial charge in [0.2, 0.25) is 0 Å². The second-order valence-corrected chi connectivity index (χ2v) is 5.45. The number of methoxy groups -OCH3 is 1. The van der Waals surface area contributed by atoms with Crippen molar-refractivity contribution in [2.75, 3.05) is 7.11 Å². The zero-order valence-corrected chi connectivity index (χ0v) is 11.8. The maximum atomic E-state index is 10.7. The van der Waals surface area contributed by atoms with E-state index in [0.717, 1.165) is 41.8 Å². The van der Waals surface area contributed by atoms with Crippen LogP contribution in [-0.4, -0.2) is 22.8 Å². The highest BCUT2D eigenvalue weighted by atomic mass is 16.5. The van der Waals surface area contributed by atoms with Crippen LogP contribution in [0.4, 0.5) is 0 Å². The molecule has 1 aromatic rings. The highest BCUT2D eigenvalue weighted by molar-refractivity contribution is 5.41. The Hall–Kier alpha value is -1.09. The molecule has 0 aliphatic heterocycles. The molecule has 0 aromatic carbocycles. The minimum absolute atomic E-state index is 0.455. The zero-order valence-electron chi connectivity index (χ0n) is 11.8. The van der Waals surface area contributed by atoms with Crippen molar-refractivity contribution in [3.8, 4) is 5.75 Å². The summed E-state index contributed by atoms with van der Waals surface area (Å²) in [5, 5.41) is 10.7. The molecule has 1 saturated carbocycles. The molecule has 1 aliphatic rings. The van der Waals surface area contributed by atoms with E-state index >= 15 is 0 Å². The first-order chi connectivity index (χ1) is 8.51. The van der Waals surface area contributed by atoms with Gasteiger partial charge >= 0.3 is 0 Å². The summed E-state index contributed by atoms with van der Waals surface area (Å²) in [6, 6.07) is 0. The Balaban J connectivity index is 2.28. The van der Waals surface area contributed by atoms with E-state index in [2.05, 4.69) is 11.9 Å². The molecule has 1 unspecified atom stereocenters. The van der Waals surface area contributed by atoms with Crippen molar-refractivity contribution in [1.29, 1.82) is 0 Å². The van der Waals surface area contributed by atoms with E-state index in [4.69, 9.17) is 4.74 Å². The third-order valence-electron chi connectivity index (χ3n) is 4.17. The largest absolute Gasteiger partial charge is 0.496 e. The van der Waals surface area contributed by atoms with Crippen LogP contribution in [0.3, 0.4) is 0 Å². The summed E-state index contributed by atoms with van der Waals surface area (Å²) in [5.74, 6) is 1.35. The van der Waals surface area contributed by atoms with E-state index in [1.54, 1.807) is 7.11 Å². The first-order valence-electron chi connectivity index (χ1n) is 6.73. The van der Waals surface area contributed by atoms with Crippen LogP contribution in [0.15, 0.2) is 6.20 Å². The second-order valence-electron chi connectivity index (χ2n) is 5.45. The Morgan fingerprint density at radius 3 is 2.61 bits per heavy atom. The lowest BCUT2D eigenvalue weighted by molar-refractivity contribution is 0.0128. The Morgan fingerprint density at radius 2 is 2.11 bits per heavy atom. The van der Waals surface area contributed by atoms with E-state index in [-0.39, 0.29) is 0 Å². The number of hydrogen-bond acceptors (Lipinski definition) is 3. The van der Waals surface area contributed by atoms with E-state index in [0.29, 0.717) is 12.3 Å². The van der Waals surface area contributed by atoms with Gasteiger partial charge in [0, 0.05) is 29.4 Å². The second kappa shape index (κ2) is 4.88. The highest BCUT2D eigenvalue weighted by Crippen LogP contribution is 2.43. The smallest absolute Gasteiger partial charge is 0.128 e. The van der Waals surface area contributed by atoms with Crippen molar-refractivity contribution in [2.24, 2.45) is 5.92 Å². The predicted molar refractivity (Wildman–Crippen MR) is 71.9 cm³/mol. The van der Waals surface area contributed by atoms with Gasteiger partial charge in [0.25, 0.3) is 0 Å². The molecule has 1 atom stereocenters. The van der Waals surface area contributed by atoms with Crippen LogP contribution in [-0.2, 0) is 6.42 Å². The van der Waals surface area contributed by atoms with Gasteiger partial charge < -0.3 is 9.84 Å². The summed E-state index contributed by atoms with van der Waals surface area (Å²) in [5.41, 5.74) is 2.49. The molecule has 0 spiro atoms. The van der Waals surface area contributed by atoms with Gasteiger partial charge in [-0.05, 0) is 39.0 Å². The summed E-state index contributed by atoms with van der Waals surface area (Å²) < 4.78 is 5.42. The molecule has 3 heteroatoms. The topological polar surface area (TPSA) is 42.4 Å². The molecule has 0 bridgehead atoms. The van der Waals surface area contributed by atoms with Crippen LogP contribution in [0.5, 0.6) is 5.75 Å². The lowest BCUT2D eigenvalue weighted by Gasteiger charge is -2.27. The van der Waals surface area contributed by atoms with Gasteiger partial charge in [-0.3, -0.25) is 4.98 Å². The number of ether oxygens (including phenoxy) is 1. The molecular formula is C15H23NO2. The van der Waals surface area contributed by atoms with Crippen LogP contribution in [0.25, 0.3) is 0 Å². The maximum Gasteiger partial charge on any atom is 0.128 e. The monoisotopic (exact) mass is 249 g/mol. The highest BCUT2D eigenvalue weighted by Gasteiger charge is 2.42. The molecule has 100 valence electrons. The maximum absolute atomic E-state index is 10.7. The Bertz CT molecular complexity index is 440. The number of hydrogen-bond donors (Lipinski definition) is 1. The fourth-order valence-electron chi connectivity index (χ4n) is 2.72. The van der Waals surface area contributed by atoms with Crippen molar-refractivity contribution < 1.29 is 9.84 Å². The van der Waals surface area contributed by atoms with Crippen LogP contribution in [0, 0.1) is 19.8 Å². The Labute approximate surface area is 109 Å². The number of aryl methyl sites for hydroxylation is 1. The number of nitrogens with zero attached hydrogens (tertiary/aromatic N) is 1. The Morgan fingerprint density at radius 1 is 1.44 bits per heavy atom. The van der Waals surface area contributed by atoms with Crippen LogP contribution in [0.1, 0.15) is 43.0 Å². The molecule has 1 aliphatic carbocycles. The first kappa shape index (κ1) is 13.3. The van der Waals surface area contributed by atoms with Gasteiger partial charge in [-0.1, -0.05) is 6.92 Å². The molecule has 0 amide bonds. The van der Waals surface area contributed by atoms with Crippen LogP contribution >= 0.6 is 0 Å². The first-order valence-corrected chi connectivity index (χ1v) is 6.73. The number of aromatic nitrogens is 1. The standard InChI is InChI=1S/C15H23NO2/c1-5-15(17,12-6-7-12)8-13-11(3)14(18-4)10(2)9-16-13/h9,12,17H,5-8H2,1-4H3. The summed E-state index contributed by atoms with van der Waals surface area (Å²) >= 11 is 0. The summed E-state index contributed by atoms with van der Waals surface area (Å²) in [6.07, 6.45) is 5.55. The van der Waals surface area contributed by atoms with Gasteiger partial charge in [-0.15, -0.1) is 0 Å². The molecule has 0 saturated heterocycles. The van der Waals surface area contributed by atoms with Gasteiger partial charge in [0.15, 0.2) is 0 Å². The fourth-order valence-corrected chi connectivity index (χ4v) is 2.72. The predicted octanol–water partition coefficient (Wildman–Crippen LogP) is 2.80. The SMILES string of the molecule is CCC(O)(Cc1ncc(C)c(OC)c1C)C1CC1. The van der Waals surface area contributed by atoms with E-state index in [9.17, 15) is 5.11 Å². The van der Waals surface area contributed by atoms with Crippen molar-refractivity contribution in [2.45, 2.75) is 52.1 Å².